The Morgan fingerprint density at radius 3 is 2.69 bits per heavy atom. The van der Waals surface area contributed by atoms with Crippen LogP contribution in [0.5, 0.6) is 0 Å². The molecule has 0 unspecified atom stereocenters. The molecule has 138 valence electrons. The minimum Gasteiger partial charge on any atom is -0.481 e. The van der Waals surface area contributed by atoms with E-state index in [4.69, 9.17) is 0 Å². The maximum atomic E-state index is 13.2. The van der Waals surface area contributed by atoms with Gasteiger partial charge in [0, 0.05) is 32.5 Å². The van der Waals surface area contributed by atoms with E-state index in [1.165, 1.54) is 12.1 Å². The molecule has 1 saturated heterocycles. The number of hydrogen-bond acceptors (Lipinski definition) is 6. The predicted octanol–water partition coefficient (Wildman–Crippen LogP) is 1.54. The number of aliphatic carboxylic acids is 1. The second-order valence-electron chi connectivity index (χ2n) is 6.47. The van der Waals surface area contributed by atoms with Crippen LogP contribution >= 0.6 is 0 Å². The molecule has 1 aromatic carbocycles. The van der Waals surface area contributed by atoms with Crippen LogP contribution in [0.25, 0.3) is 0 Å². The summed E-state index contributed by atoms with van der Waals surface area (Å²) in [4.78, 5) is 22.5. The molecule has 26 heavy (non-hydrogen) atoms. The lowest BCUT2D eigenvalue weighted by atomic mass is 9.73. The summed E-state index contributed by atoms with van der Waals surface area (Å²) in [5.74, 6) is -0.382. The van der Waals surface area contributed by atoms with Crippen LogP contribution in [0.1, 0.15) is 12.0 Å². The largest absolute Gasteiger partial charge is 0.481 e. The molecule has 1 aromatic heterocycles. The van der Waals surface area contributed by atoms with Gasteiger partial charge in [-0.05, 0) is 30.5 Å². The average molecular weight is 360 g/mol. The summed E-state index contributed by atoms with van der Waals surface area (Å²) >= 11 is 0. The van der Waals surface area contributed by atoms with E-state index in [0.29, 0.717) is 23.7 Å². The monoisotopic (exact) mass is 360 g/mol. The van der Waals surface area contributed by atoms with Crippen molar-refractivity contribution < 1.29 is 19.4 Å². The van der Waals surface area contributed by atoms with E-state index in [1.807, 2.05) is 4.90 Å². The van der Waals surface area contributed by atoms with Crippen LogP contribution in [0.4, 0.5) is 16.0 Å². The van der Waals surface area contributed by atoms with Gasteiger partial charge in [-0.2, -0.15) is 0 Å². The lowest BCUT2D eigenvalue weighted by Gasteiger charge is -2.44. The van der Waals surface area contributed by atoms with E-state index in [2.05, 4.69) is 15.3 Å². The van der Waals surface area contributed by atoms with Gasteiger partial charge in [-0.3, -0.25) is 4.79 Å². The van der Waals surface area contributed by atoms with Crippen LogP contribution < -0.4 is 10.2 Å². The van der Waals surface area contributed by atoms with Gasteiger partial charge < -0.3 is 20.4 Å². The van der Waals surface area contributed by atoms with Gasteiger partial charge in [-0.25, -0.2) is 14.4 Å². The summed E-state index contributed by atoms with van der Waals surface area (Å²) < 4.78 is 13.2. The van der Waals surface area contributed by atoms with E-state index >= 15 is 0 Å². The second-order valence-corrected chi connectivity index (χ2v) is 6.47. The molecule has 2 atom stereocenters. The van der Waals surface area contributed by atoms with Gasteiger partial charge in [0.25, 0.3) is 0 Å². The Morgan fingerprint density at radius 2 is 2.04 bits per heavy atom. The Kier molecular flexibility index (Phi) is 5.03. The van der Waals surface area contributed by atoms with E-state index in [0.717, 1.165) is 0 Å². The van der Waals surface area contributed by atoms with Gasteiger partial charge in [0.1, 0.15) is 11.2 Å². The summed E-state index contributed by atoms with van der Waals surface area (Å²) in [6.45, 7) is 0.543. The molecule has 0 amide bonds. The number of halogens is 1. The standard InChI is InChI=1S/C18H21FN4O3/c1-20-15-16(22-8-7-21-15)23-9-6-14(24)18(11-23,17(25)26)10-12-2-4-13(19)5-3-12/h2-5,7-8,14,24H,6,9-11H2,1H3,(H,20,21)(H,25,26)/t14-,18+/m0/s1. The highest BCUT2D eigenvalue weighted by atomic mass is 19.1. The Hall–Kier alpha value is -2.74. The molecule has 0 saturated carbocycles. The SMILES string of the molecule is CNc1nccnc1N1CC[C@H](O)[C@](Cc2ccc(F)cc2)(C(=O)O)C1. The molecule has 3 N–H and O–H groups in total. The molecule has 3 rings (SSSR count). The third-order valence-electron chi connectivity index (χ3n) is 4.86. The van der Waals surface area contributed by atoms with Crippen LogP contribution in [-0.2, 0) is 11.2 Å². The van der Waals surface area contributed by atoms with Crippen molar-refractivity contribution in [3.8, 4) is 0 Å². The molecule has 1 aliphatic heterocycles. The second kappa shape index (κ2) is 7.25. The van der Waals surface area contributed by atoms with Crippen molar-refractivity contribution in [3.05, 3.63) is 48.0 Å². The van der Waals surface area contributed by atoms with E-state index in [-0.39, 0.29) is 25.2 Å². The first-order valence-corrected chi connectivity index (χ1v) is 8.36. The van der Waals surface area contributed by atoms with E-state index < -0.39 is 17.5 Å². The number of nitrogens with one attached hydrogen (secondary N) is 1. The first-order valence-electron chi connectivity index (χ1n) is 8.36. The zero-order chi connectivity index (χ0) is 18.7. The third kappa shape index (κ3) is 3.32. The molecule has 0 aliphatic carbocycles. The van der Waals surface area contributed by atoms with Crippen LogP contribution in [0.3, 0.4) is 0 Å². The summed E-state index contributed by atoms with van der Waals surface area (Å²) in [7, 11) is 1.72. The first-order chi connectivity index (χ1) is 12.5. The van der Waals surface area contributed by atoms with Crippen LogP contribution in [-0.4, -0.2) is 52.4 Å². The molecule has 0 radical (unpaired) electrons. The highest BCUT2D eigenvalue weighted by Crippen LogP contribution is 2.37. The van der Waals surface area contributed by atoms with Crippen molar-refractivity contribution >= 4 is 17.6 Å². The van der Waals surface area contributed by atoms with Crippen molar-refractivity contribution in [3.63, 3.8) is 0 Å². The highest BCUT2D eigenvalue weighted by molar-refractivity contribution is 5.78. The molecule has 2 heterocycles. The fourth-order valence-electron chi connectivity index (χ4n) is 3.42. The minimum atomic E-state index is -1.42. The fraction of sp³-hybridized carbons (Fsp3) is 0.389. The topological polar surface area (TPSA) is 98.6 Å². The van der Waals surface area contributed by atoms with Gasteiger partial charge in [-0.1, -0.05) is 12.1 Å². The Balaban J connectivity index is 1.94. The average Bonchev–Trinajstić information content (AvgIpc) is 2.65. The quantitative estimate of drug-likeness (QED) is 0.744. The summed E-state index contributed by atoms with van der Waals surface area (Å²) in [5.41, 5.74) is -0.763. The normalized spacial score (nSPS) is 22.9. The molecule has 1 fully saturated rings. The molecule has 0 spiro atoms. The number of carbonyl (C=O) groups is 1. The zero-order valence-corrected chi connectivity index (χ0v) is 14.4. The molecule has 0 bridgehead atoms. The van der Waals surface area contributed by atoms with Crippen molar-refractivity contribution in [1.82, 2.24) is 9.97 Å². The maximum Gasteiger partial charge on any atom is 0.314 e. The van der Waals surface area contributed by atoms with Crippen LogP contribution in [0.15, 0.2) is 36.7 Å². The lowest BCUT2D eigenvalue weighted by Crippen LogP contribution is -2.57. The molecule has 8 heteroatoms. The number of aliphatic hydroxyl groups is 1. The number of carboxylic acid groups (broad SMARTS) is 1. The number of rotatable bonds is 5. The van der Waals surface area contributed by atoms with Gasteiger partial charge in [0.15, 0.2) is 11.6 Å². The number of aromatic nitrogens is 2. The molecular formula is C18H21FN4O3. The number of piperidine rings is 1. The van der Waals surface area contributed by atoms with Crippen LogP contribution in [0, 0.1) is 11.2 Å². The van der Waals surface area contributed by atoms with Crippen molar-refractivity contribution in [1.29, 1.82) is 0 Å². The summed E-state index contributed by atoms with van der Waals surface area (Å²) in [6, 6.07) is 5.68. The van der Waals surface area contributed by atoms with Gasteiger partial charge in [-0.15, -0.1) is 0 Å². The van der Waals surface area contributed by atoms with Crippen molar-refractivity contribution in [2.45, 2.75) is 18.9 Å². The van der Waals surface area contributed by atoms with Gasteiger partial charge >= 0.3 is 5.97 Å². The Bertz CT molecular complexity index is 786. The number of anilines is 2. The van der Waals surface area contributed by atoms with E-state index in [1.54, 1.807) is 31.6 Å². The first kappa shape index (κ1) is 18.1. The zero-order valence-electron chi connectivity index (χ0n) is 14.4. The number of carboxylic acids is 1. The smallest absolute Gasteiger partial charge is 0.314 e. The maximum absolute atomic E-state index is 13.2. The minimum absolute atomic E-state index is 0.0776. The molecule has 2 aromatic rings. The van der Waals surface area contributed by atoms with Crippen LogP contribution in [0.2, 0.25) is 0 Å². The summed E-state index contributed by atoms with van der Waals surface area (Å²) in [5, 5.41) is 23.5. The molecular weight excluding hydrogens is 339 g/mol. The highest BCUT2D eigenvalue weighted by Gasteiger charge is 2.49. The lowest BCUT2D eigenvalue weighted by molar-refractivity contribution is -0.157. The molecule has 7 nitrogen and oxygen atoms in total. The van der Waals surface area contributed by atoms with Gasteiger partial charge in [0.05, 0.1) is 6.10 Å². The fourth-order valence-corrected chi connectivity index (χ4v) is 3.42. The number of nitrogens with zero attached hydrogens (tertiary/aromatic N) is 3. The number of benzene rings is 1. The molecule has 1 aliphatic rings. The number of aliphatic hydroxyl groups excluding tert-OH is 1. The Labute approximate surface area is 150 Å². The van der Waals surface area contributed by atoms with Crippen molar-refractivity contribution in [2.24, 2.45) is 5.41 Å². The number of hydrogen-bond donors (Lipinski definition) is 3. The van der Waals surface area contributed by atoms with E-state index in [9.17, 15) is 19.4 Å². The van der Waals surface area contributed by atoms with Crippen molar-refractivity contribution in [2.75, 3.05) is 30.4 Å². The van der Waals surface area contributed by atoms with Gasteiger partial charge in [0.2, 0.25) is 0 Å². The third-order valence-corrected chi connectivity index (χ3v) is 4.86. The Morgan fingerprint density at radius 1 is 1.35 bits per heavy atom. The summed E-state index contributed by atoms with van der Waals surface area (Å²) in [6.07, 6.45) is 2.46. The predicted molar refractivity (Wildman–Crippen MR) is 94.6 cm³/mol.